The summed E-state index contributed by atoms with van der Waals surface area (Å²) in [6.45, 7) is 0. The van der Waals surface area contributed by atoms with Gasteiger partial charge in [0.1, 0.15) is 0 Å². The van der Waals surface area contributed by atoms with Crippen molar-refractivity contribution in [2.75, 3.05) is 6.26 Å². The van der Waals surface area contributed by atoms with Gasteiger partial charge in [-0.15, -0.1) is 3.77 Å². The van der Waals surface area contributed by atoms with E-state index >= 15 is 0 Å². The number of hydrogen-bond donors (Lipinski definition) is 0. The van der Waals surface area contributed by atoms with E-state index in [-0.39, 0.29) is 4.90 Å². The van der Waals surface area contributed by atoms with Crippen LogP contribution in [0.1, 0.15) is 0 Å². The van der Waals surface area contributed by atoms with Gasteiger partial charge in [-0.3, -0.25) is 0 Å². The van der Waals surface area contributed by atoms with E-state index in [0.29, 0.717) is 5.02 Å². The topological polar surface area (TPSA) is 46.5 Å². The van der Waals surface area contributed by atoms with Crippen LogP contribution in [0.3, 0.4) is 0 Å². The highest BCUT2D eigenvalue weighted by Crippen LogP contribution is 2.18. The van der Waals surface area contributed by atoms with Gasteiger partial charge in [0, 0.05) is 9.92 Å². The molecule has 2 aromatic carbocycles. The van der Waals surface area contributed by atoms with Crippen LogP contribution in [-0.2, 0) is 20.7 Å². The number of hydrogen-bond acceptors (Lipinski definition) is 2. The van der Waals surface area contributed by atoms with Crippen molar-refractivity contribution in [2.45, 2.75) is 9.79 Å². The van der Waals surface area contributed by atoms with Crippen LogP contribution in [0.5, 0.6) is 0 Å². The number of nitrogens with zero attached hydrogens (tertiary/aromatic N) is 1. The molecule has 0 aliphatic carbocycles. The first-order chi connectivity index (χ1) is 8.99. The molecular weight excluding hydrogens is 302 g/mol. The maximum Gasteiger partial charge on any atom is 0.288 e. The van der Waals surface area contributed by atoms with Crippen molar-refractivity contribution in [3.05, 3.63) is 59.6 Å². The molecule has 1 atom stereocenters. The summed E-state index contributed by atoms with van der Waals surface area (Å²) in [4.78, 5) is 1.05. The molecule has 0 saturated carbocycles. The van der Waals surface area contributed by atoms with Crippen LogP contribution >= 0.6 is 11.6 Å². The first kappa shape index (κ1) is 14.2. The fourth-order valence-electron chi connectivity index (χ4n) is 1.46. The van der Waals surface area contributed by atoms with E-state index in [4.69, 9.17) is 11.6 Å². The first-order valence-corrected chi connectivity index (χ1v) is 8.84. The van der Waals surface area contributed by atoms with Crippen LogP contribution in [0, 0.1) is 0 Å². The second-order valence-electron chi connectivity index (χ2n) is 3.79. The van der Waals surface area contributed by atoms with Gasteiger partial charge in [-0.2, -0.15) is 8.42 Å². The van der Waals surface area contributed by atoms with Crippen molar-refractivity contribution in [3.8, 4) is 0 Å². The molecule has 2 rings (SSSR count). The second-order valence-corrected chi connectivity index (χ2v) is 7.68. The molecule has 2 aromatic rings. The SMILES string of the molecule is C[S@@](=NS(=O)(=O)c1ccc(Cl)cc1)c1ccccc1. The molecule has 0 aliphatic rings. The standard InChI is InChI=1S/C13H12ClNO2S2/c1-18(12-5-3-2-4-6-12)15-19(16,17)13-9-7-11(14)8-10-13/h2-10H,1H3/t18-/m1/s1. The van der Waals surface area contributed by atoms with Gasteiger partial charge in [0.2, 0.25) is 0 Å². The largest absolute Gasteiger partial charge is 0.288 e. The van der Waals surface area contributed by atoms with Crippen molar-refractivity contribution in [3.63, 3.8) is 0 Å². The van der Waals surface area contributed by atoms with Crippen LogP contribution in [0.25, 0.3) is 0 Å². The van der Waals surface area contributed by atoms with E-state index in [2.05, 4.69) is 3.77 Å². The van der Waals surface area contributed by atoms with Gasteiger partial charge in [0.05, 0.1) is 4.90 Å². The summed E-state index contributed by atoms with van der Waals surface area (Å²) in [5.41, 5.74) is 0. The molecule has 0 saturated heterocycles. The average Bonchev–Trinajstić information content (AvgIpc) is 2.40. The average molecular weight is 314 g/mol. The third-order valence-corrected chi connectivity index (χ3v) is 6.16. The summed E-state index contributed by atoms with van der Waals surface area (Å²) in [5, 5.41) is 0.498. The Morgan fingerprint density at radius 3 is 2.16 bits per heavy atom. The Kier molecular flexibility index (Phi) is 4.39. The molecule has 0 amide bonds. The second kappa shape index (κ2) is 5.86. The Morgan fingerprint density at radius 2 is 1.58 bits per heavy atom. The van der Waals surface area contributed by atoms with Crippen molar-refractivity contribution >= 4 is 32.3 Å². The lowest BCUT2D eigenvalue weighted by Crippen LogP contribution is -1.99. The molecule has 0 radical (unpaired) electrons. The van der Waals surface area contributed by atoms with E-state index in [1.54, 1.807) is 18.4 Å². The van der Waals surface area contributed by atoms with Crippen LogP contribution in [0.15, 0.2) is 68.2 Å². The van der Waals surface area contributed by atoms with E-state index in [0.717, 1.165) is 4.90 Å². The summed E-state index contributed by atoms with van der Waals surface area (Å²) < 4.78 is 28.2. The minimum absolute atomic E-state index is 0.159. The summed E-state index contributed by atoms with van der Waals surface area (Å²) in [7, 11) is -4.35. The summed E-state index contributed by atoms with van der Waals surface area (Å²) in [6.07, 6.45) is 1.78. The highest BCUT2D eigenvalue weighted by atomic mass is 35.5. The lowest BCUT2D eigenvalue weighted by Gasteiger charge is -2.03. The molecule has 0 spiro atoms. The van der Waals surface area contributed by atoms with E-state index in [1.165, 1.54) is 12.1 Å². The lowest BCUT2D eigenvalue weighted by molar-refractivity contribution is 0.598. The Bertz CT molecular complexity index is 695. The highest BCUT2D eigenvalue weighted by molar-refractivity contribution is 7.99. The Morgan fingerprint density at radius 1 is 1.00 bits per heavy atom. The van der Waals surface area contributed by atoms with E-state index < -0.39 is 20.7 Å². The fourth-order valence-corrected chi connectivity index (χ4v) is 4.48. The summed E-state index contributed by atoms with van der Waals surface area (Å²) in [6, 6.07) is 15.3. The molecule has 0 unspecified atom stereocenters. The van der Waals surface area contributed by atoms with Gasteiger partial charge in [0.25, 0.3) is 10.0 Å². The minimum atomic E-state index is -3.65. The molecule has 3 nitrogen and oxygen atoms in total. The van der Waals surface area contributed by atoms with Gasteiger partial charge in [-0.05, 0) is 42.7 Å². The highest BCUT2D eigenvalue weighted by Gasteiger charge is 2.13. The molecule has 0 aromatic heterocycles. The van der Waals surface area contributed by atoms with Gasteiger partial charge in [-0.1, -0.05) is 40.5 Å². The molecule has 0 aliphatic heterocycles. The predicted octanol–water partition coefficient (Wildman–Crippen LogP) is 3.52. The number of benzene rings is 2. The lowest BCUT2D eigenvalue weighted by atomic mass is 10.4. The Labute approximate surface area is 120 Å². The zero-order chi connectivity index (χ0) is 13.9. The van der Waals surface area contributed by atoms with Crippen molar-refractivity contribution < 1.29 is 8.42 Å². The van der Waals surface area contributed by atoms with Gasteiger partial charge in [-0.25, -0.2) is 0 Å². The monoisotopic (exact) mass is 313 g/mol. The minimum Gasteiger partial charge on any atom is -0.199 e. The van der Waals surface area contributed by atoms with Crippen molar-refractivity contribution in [2.24, 2.45) is 3.77 Å². The summed E-state index contributed by atoms with van der Waals surface area (Å²) >= 11 is 5.74. The Hall–Kier alpha value is -1.17. The van der Waals surface area contributed by atoms with Gasteiger partial charge >= 0.3 is 0 Å². The molecule has 0 N–H and O–H groups in total. The summed E-state index contributed by atoms with van der Waals surface area (Å²) in [5.74, 6) is 0. The van der Waals surface area contributed by atoms with Crippen molar-refractivity contribution in [1.29, 1.82) is 0 Å². The third kappa shape index (κ3) is 3.65. The number of halogens is 1. The molecule has 19 heavy (non-hydrogen) atoms. The van der Waals surface area contributed by atoms with Gasteiger partial charge in [0.15, 0.2) is 0 Å². The number of sulfonamides is 1. The number of rotatable bonds is 3. The molecule has 0 fully saturated rings. The van der Waals surface area contributed by atoms with Crippen LogP contribution in [0.4, 0.5) is 0 Å². The zero-order valence-corrected chi connectivity index (χ0v) is 12.5. The fraction of sp³-hybridized carbons (Fsp3) is 0.0769. The smallest absolute Gasteiger partial charge is 0.199 e. The maximum absolute atomic E-state index is 12.1. The molecule has 0 bridgehead atoms. The quantitative estimate of drug-likeness (QED) is 0.870. The third-order valence-electron chi connectivity index (χ3n) is 2.41. The molecule has 6 heteroatoms. The molecule has 0 heterocycles. The van der Waals surface area contributed by atoms with Crippen molar-refractivity contribution in [1.82, 2.24) is 0 Å². The van der Waals surface area contributed by atoms with E-state index in [9.17, 15) is 8.42 Å². The normalized spacial score (nSPS) is 13.4. The molecule has 100 valence electrons. The predicted molar refractivity (Wildman–Crippen MR) is 79.1 cm³/mol. The first-order valence-electron chi connectivity index (χ1n) is 5.44. The Balaban J connectivity index is 2.39. The van der Waals surface area contributed by atoms with Gasteiger partial charge < -0.3 is 0 Å². The van der Waals surface area contributed by atoms with Crippen LogP contribution < -0.4 is 0 Å². The zero-order valence-electron chi connectivity index (χ0n) is 10.2. The van der Waals surface area contributed by atoms with Crippen LogP contribution in [0.2, 0.25) is 5.02 Å². The van der Waals surface area contributed by atoms with Crippen LogP contribution in [-0.4, -0.2) is 14.7 Å². The van der Waals surface area contributed by atoms with E-state index in [1.807, 2.05) is 30.3 Å². The molecular formula is C13H12ClNO2S2. The maximum atomic E-state index is 12.1.